The molecule has 0 heterocycles. The number of nitrogens with zero attached hydrogens (tertiary/aromatic N) is 1. The first-order valence-electron chi connectivity index (χ1n) is 5.95. The van der Waals surface area contributed by atoms with E-state index < -0.39 is 0 Å². The van der Waals surface area contributed by atoms with E-state index in [1.807, 2.05) is 32.7 Å². The molecule has 0 aliphatic heterocycles. The molecule has 0 radical (unpaired) electrons. The number of Topliss-reactive ketones (excluding diaryl/α,β-unsaturated/α-hetero) is 1. The largest absolute Gasteiger partial charge is 0.353 e. The van der Waals surface area contributed by atoms with E-state index >= 15 is 0 Å². The molecule has 0 aliphatic carbocycles. The summed E-state index contributed by atoms with van der Waals surface area (Å²) >= 11 is 0. The van der Waals surface area contributed by atoms with E-state index in [-0.39, 0.29) is 11.9 Å². The van der Waals surface area contributed by atoms with Crippen molar-refractivity contribution in [2.75, 3.05) is 20.1 Å². The Morgan fingerprint density at radius 2 is 1.94 bits per heavy atom. The summed E-state index contributed by atoms with van der Waals surface area (Å²) in [4.78, 5) is 24.4. The SMILES string of the molecule is CCC(=O)CCCN(C)CC(=O)NC(C)C. The summed E-state index contributed by atoms with van der Waals surface area (Å²) in [6, 6.07) is 0.183. The maximum atomic E-state index is 11.4. The zero-order chi connectivity index (χ0) is 12.6. The van der Waals surface area contributed by atoms with Crippen molar-refractivity contribution < 1.29 is 9.59 Å². The number of amides is 1. The normalized spacial score (nSPS) is 10.9. The highest BCUT2D eigenvalue weighted by molar-refractivity contribution is 5.78. The number of hydrogen-bond acceptors (Lipinski definition) is 3. The summed E-state index contributed by atoms with van der Waals surface area (Å²) in [7, 11) is 1.90. The van der Waals surface area contributed by atoms with Crippen LogP contribution in [0.15, 0.2) is 0 Å². The van der Waals surface area contributed by atoms with Gasteiger partial charge in [0, 0.05) is 18.9 Å². The highest BCUT2D eigenvalue weighted by Crippen LogP contribution is 1.96. The summed E-state index contributed by atoms with van der Waals surface area (Å²) in [5.41, 5.74) is 0. The van der Waals surface area contributed by atoms with Crippen LogP contribution < -0.4 is 5.32 Å². The molecule has 0 atom stereocenters. The first-order chi connectivity index (χ1) is 7.45. The first kappa shape index (κ1) is 15.1. The van der Waals surface area contributed by atoms with Crippen molar-refractivity contribution in [3.8, 4) is 0 Å². The summed E-state index contributed by atoms with van der Waals surface area (Å²) in [5, 5.41) is 2.84. The number of nitrogens with one attached hydrogen (secondary N) is 1. The fourth-order valence-electron chi connectivity index (χ4n) is 1.41. The van der Waals surface area contributed by atoms with Crippen molar-refractivity contribution in [3.05, 3.63) is 0 Å². The predicted molar refractivity (Wildman–Crippen MR) is 65.3 cm³/mol. The molecule has 0 fully saturated rings. The van der Waals surface area contributed by atoms with Crippen molar-refractivity contribution in [1.82, 2.24) is 10.2 Å². The molecular formula is C12H24N2O2. The van der Waals surface area contributed by atoms with Crippen LogP contribution in [0.1, 0.15) is 40.0 Å². The molecule has 1 N–H and O–H groups in total. The van der Waals surface area contributed by atoms with E-state index in [9.17, 15) is 9.59 Å². The highest BCUT2D eigenvalue weighted by atomic mass is 16.2. The molecule has 0 unspecified atom stereocenters. The second kappa shape index (κ2) is 8.28. The lowest BCUT2D eigenvalue weighted by Crippen LogP contribution is -2.38. The molecule has 0 aromatic rings. The molecule has 4 nitrogen and oxygen atoms in total. The highest BCUT2D eigenvalue weighted by Gasteiger charge is 2.07. The standard InChI is InChI=1S/C12H24N2O2/c1-5-11(15)7-6-8-14(4)9-12(16)13-10(2)3/h10H,5-9H2,1-4H3,(H,13,16). The Kier molecular flexibility index (Phi) is 7.81. The Bertz CT molecular complexity index is 227. The molecule has 0 aromatic carbocycles. The zero-order valence-electron chi connectivity index (χ0n) is 10.9. The van der Waals surface area contributed by atoms with E-state index in [4.69, 9.17) is 0 Å². The first-order valence-corrected chi connectivity index (χ1v) is 5.95. The van der Waals surface area contributed by atoms with Crippen LogP contribution in [0.5, 0.6) is 0 Å². The second-order valence-corrected chi connectivity index (χ2v) is 4.46. The van der Waals surface area contributed by atoms with E-state index in [0.717, 1.165) is 13.0 Å². The van der Waals surface area contributed by atoms with Crippen molar-refractivity contribution in [2.24, 2.45) is 0 Å². The molecule has 16 heavy (non-hydrogen) atoms. The van der Waals surface area contributed by atoms with Gasteiger partial charge in [-0.25, -0.2) is 0 Å². The molecule has 4 heteroatoms. The lowest BCUT2D eigenvalue weighted by Gasteiger charge is -2.17. The fourth-order valence-corrected chi connectivity index (χ4v) is 1.41. The third kappa shape index (κ3) is 8.41. The van der Waals surface area contributed by atoms with Crippen molar-refractivity contribution >= 4 is 11.7 Å². The lowest BCUT2D eigenvalue weighted by atomic mass is 10.2. The van der Waals surface area contributed by atoms with E-state index in [1.165, 1.54) is 0 Å². The average molecular weight is 228 g/mol. The molecule has 0 spiro atoms. The molecule has 0 aromatic heterocycles. The summed E-state index contributed by atoms with van der Waals surface area (Å²) in [6.45, 7) is 6.95. The molecule has 0 saturated heterocycles. The van der Waals surface area contributed by atoms with Crippen LogP contribution in [-0.4, -0.2) is 42.8 Å². The molecule has 0 saturated carbocycles. The van der Waals surface area contributed by atoms with Gasteiger partial charge in [0.05, 0.1) is 6.54 Å². The Hall–Kier alpha value is -0.900. The zero-order valence-corrected chi connectivity index (χ0v) is 10.9. The second-order valence-electron chi connectivity index (χ2n) is 4.46. The average Bonchev–Trinajstić information content (AvgIpc) is 2.15. The van der Waals surface area contributed by atoms with Gasteiger partial charge in [-0.05, 0) is 33.9 Å². The quantitative estimate of drug-likeness (QED) is 0.679. The molecule has 0 bridgehead atoms. The topological polar surface area (TPSA) is 49.4 Å². The predicted octanol–water partition coefficient (Wildman–Crippen LogP) is 1.20. The Morgan fingerprint density at radius 3 is 2.44 bits per heavy atom. The minimum absolute atomic E-state index is 0.0410. The van der Waals surface area contributed by atoms with E-state index in [2.05, 4.69) is 5.32 Å². The Morgan fingerprint density at radius 1 is 1.31 bits per heavy atom. The van der Waals surface area contributed by atoms with E-state index in [0.29, 0.717) is 25.2 Å². The number of hydrogen-bond donors (Lipinski definition) is 1. The van der Waals surface area contributed by atoms with Gasteiger partial charge in [-0.3, -0.25) is 14.5 Å². The van der Waals surface area contributed by atoms with Gasteiger partial charge >= 0.3 is 0 Å². The van der Waals surface area contributed by atoms with Crippen molar-refractivity contribution in [1.29, 1.82) is 0 Å². The van der Waals surface area contributed by atoms with Crippen molar-refractivity contribution in [2.45, 2.75) is 46.1 Å². The lowest BCUT2D eigenvalue weighted by molar-refractivity contribution is -0.122. The third-order valence-corrected chi connectivity index (χ3v) is 2.25. The van der Waals surface area contributed by atoms with Crippen LogP contribution in [0.2, 0.25) is 0 Å². The summed E-state index contributed by atoms with van der Waals surface area (Å²) in [5.74, 6) is 0.333. The number of likely N-dealkylation sites (N-methyl/N-ethyl adjacent to an activating group) is 1. The minimum atomic E-state index is 0.0410. The number of carbonyl (C=O) groups is 2. The summed E-state index contributed by atoms with van der Waals surface area (Å²) in [6.07, 6.45) is 2.06. The van der Waals surface area contributed by atoms with Gasteiger partial charge in [-0.2, -0.15) is 0 Å². The smallest absolute Gasteiger partial charge is 0.234 e. The van der Waals surface area contributed by atoms with Crippen LogP contribution in [0.4, 0.5) is 0 Å². The van der Waals surface area contributed by atoms with Gasteiger partial charge in [-0.15, -0.1) is 0 Å². The monoisotopic (exact) mass is 228 g/mol. The minimum Gasteiger partial charge on any atom is -0.353 e. The van der Waals surface area contributed by atoms with Crippen LogP contribution in [0.25, 0.3) is 0 Å². The summed E-state index contributed by atoms with van der Waals surface area (Å²) < 4.78 is 0. The van der Waals surface area contributed by atoms with Gasteiger partial charge in [0.2, 0.25) is 5.91 Å². The van der Waals surface area contributed by atoms with Gasteiger partial charge in [0.15, 0.2) is 0 Å². The number of ketones is 1. The molecular weight excluding hydrogens is 204 g/mol. The van der Waals surface area contributed by atoms with Gasteiger partial charge in [-0.1, -0.05) is 6.92 Å². The molecule has 1 amide bonds. The Balaban J connectivity index is 3.61. The van der Waals surface area contributed by atoms with Crippen LogP contribution >= 0.6 is 0 Å². The molecule has 94 valence electrons. The third-order valence-electron chi connectivity index (χ3n) is 2.25. The molecule has 0 aliphatic rings. The van der Waals surface area contributed by atoms with Crippen LogP contribution in [0.3, 0.4) is 0 Å². The van der Waals surface area contributed by atoms with Gasteiger partial charge in [0.25, 0.3) is 0 Å². The van der Waals surface area contributed by atoms with Gasteiger partial charge in [0.1, 0.15) is 5.78 Å². The maximum absolute atomic E-state index is 11.4. The van der Waals surface area contributed by atoms with E-state index in [1.54, 1.807) is 0 Å². The number of carbonyl (C=O) groups excluding carboxylic acids is 2. The fraction of sp³-hybridized carbons (Fsp3) is 0.833. The number of rotatable bonds is 8. The maximum Gasteiger partial charge on any atom is 0.234 e. The van der Waals surface area contributed by atoms with Crippen molar-refractivity contribution in [3.63, 3.8) is 0 Å². The van der Waals surface area contributed by atoms with Crippen LogP contribution in [0, 0.1) is 0 Å². The molecule has 0 rings (SSSR count). The Labute approximate surface area is 98.4 Å². The van der Waals surface area contributed by atoms with Crippen LogP contribution in [-0.2, 0) is 9.59 Å². The van der Waals surface area contributed by atoms with Gasteiger partial charge < -0.3 is 5.32 Å².